The van der Waals surface area contributed by atoms with Gasteiger partial charge in [0.15, 0.2) is 0 Å². The highest BCUT2D eigenvalue weighted by Gasteiger charge is 2.21. The minimum absolute atomic E-state index is 0.657. The fraction of sp³-hybridized carbons (Fsp3) is 0.812. The molecule has 1 heterocycles. The highest BCUT2D eigenvalue weighted by atomic mass is 79.9. The minimum Gasteiger partial charge on any atom is -0.294 e. The summed E-state index contributed by atoms with van der Waals surface area (Å²) in [6.45, 7) is 13.5. The van der Waals surface area contributed by atoms with Crippen LogP contribution in [-0.2, 0) is 20.0 Å². The molecule has 0 bridgehead atoms. The molecule has 1 aromatic rings. The molecule has 0 saturated heterocycles. The second kappa shape index (κ2) is 8.18. The van der Waals surface area contributed by atoms with E-state index in [1.807, 2.05) is 4.68 Å². The summed E-state index contributed by atoms with van der Waals surface area (Å²) < 4.78 is 3.24. The Balaban J connectivity index is 2.97. The van der Waals surface area contributed by atoms with Crippen molar-refractivity contribution in [2.45, 2.75) is 66.5 Å². The van der Waals surface area contributed by atoms with E-state index >= 15 is 0 Å². The van der Waals surface area contributed by atoms with Gasteiger partial charge in [0.25, 0.3) is 0 Å². The van der Waals surface area contributed by atoms with Crippen molar-refractivity contribution in [2.24, 2.45) is 13.0 Å². The predicted octanol–water partition coefficient (Wildman–Crippen LogP) is 4.39. The number of nitrogens with zero attached hydrogens (tertiary/aromatic N) is 3. The zero-order valence-corrected chi connectivity index (χ0v) is 15.5. The Kier molecular flexibility index (Phi) is 7.24. The van der Waals surface area contributed by atoms with E-state index in [2.05, 4.69) is 67.6 Å². The number of hydrogen-bond donors (Lipinski definition) is 0. The van der Waals surface area contributed by atoms with Crippen LogP contribution in [0, 0.1) is 5.92 Å². The van der Waals surface area contributed by atoms with Gasteiger partial charge in [-0.25, -0.2) is 0 Å². The topological polar surface area (TPSA) is 21.1 Å². The second-order valence-corrected chi connectivity index (χ2v) is 6.77. The standard InChI is InChI=1S/C16H30BrN3/c1-7-13(8-2)20(10-12(4)5)11-15-16(17)14(9-3)18-19(15)6/h12-13H,7-11H2,1-6H3. The van der Waals surface area contributed by atoms with E-state index < -0.39 is 0 Å². The molecule has 1 rings (SSSR count). The van der Waals surface area contributed by atoms with E-state index in [1.165, 1.54) is 23.0 Å². The maximum Gasteiger partial charge on any atom is 0.0767 e. The highest BCUT2D eigenvalue weighted by Crippen LogP contribution is 2.25. The van der Waals surface area contributed by atoms with E-state index in [1.54, 1.807) is 0 Å². The molecule has 0 atom stereocenters. The summed E-state index contributed by atoms with van der Waals surface area (Å²) in [6, 6.07) is 0.657. The van der Waals surface area contributed by atoms with Gasteiger partial charge in [0.2, 0.25) is 0 Å². The Morgan fingerprint density at radius 1 is 1.20 bits per heavy atom. The molecule has 3 nitrogen and oxygen atoms in total. The van der Waals surface area contributed by atoms with Crippen LogP contribution >= 0.6 is 15.9 Å². The number of aromatic nitrogens is 2. The Bertz CT molecular complexity index is 408. The number of rotatable bonds is 8. The predicted molar refractivity (Wildman–Crippen MR) is 89.9 cm³/mol. The maximum absolute atomic E-state index is 4.61. The summed E-state index contributed by atoms with van der Waals surface area (Å²) in [7, 11) is 2.06. The minimum atomic E-state index is 0.657. The van der Waals surface area contributed by atoms with Gasteiger partial charge in [-0.1, -0.05) is 34.6 Å². The molecule has 0 aliphatic carbocycles. The Labute approximate surface area is 132 Å². The number of aryl methyl sites for hydroxylation is 2. The largest absolute Gasteiger partial charge is 0.294 e. The molecule has 0 saturated carbocycles. The third-order valence-corrected chi connectivity index (χ3v) is 4.83. The van der Waals surface area contributed by atoms with Crippen molar-refractivity contribution in [3.05, 3.63) is 15.9 Å². The normalized spacial score (nSPS) is 12.1. The molecule has 0 amide bonds. The molecule has 116 valence electrons. The van der Waals surface area contributed by atoms with Crippen LogP contribution < -0.4 is 0 Å². The smallest absolute Gasteiger partial charge is 0.0767 e. The lowest BCUT2D eigenvalue weighted by atomic mass is 10.1. The third-order valence-electron chi connectivity index (χ3n) is 3.91. The van der Waals surface area contributed by atoms with Crippen LogP contribution in [0.15, 0.2) is 4.47 Å². The van der Waals surface area contributed by atoms with Crippen LogP contribution in [0.3, 0.4) is 0 Å². The first-order chi connectivity index (χ1) is 9.44. The second-order valence-electron chi connectivity index (χ2n) is 5.98. The van der Waals surface area contributed by atoms with Gasteiger partial charge in [-0.05, 0) is 41.1 Å². The first kappa shape index (κ1) is 17.7. The summed E-state index contributed by atoms with van der Waals surface area (Å²) in [5, 5.41) is 4.61. The molecule has 4 heteroatoms. The molecule has 0 aromatic carbocycles. The molecule has 1 aromatic heterocycles. The first-order valence-electron chi connectivity index (χ1n) is 7.88. The molecule has 0 unspecified atom stereocenters. The Morgan fingerprint density at radius 2 is 1.80 bits per heavy atom. The molecule has 0 spiro atoms. The summed E-state index contributed by atoms with van der Waals surface area (Å²) >= 11 is 3.74. The van der Waals surface area contributed by atoms with Crippen LogP contribution in [0.4, 0.5) is 0 Å². The Hall–Kier alpha value is -0.350. The van der Waals surface area contributed by atoms with Gasteiger partial charge in [-0.15, -0.1) is 0 Å². The molecular weight excluding hydrogens is 314 g/mol. The zero-order chi connectivity index (χ0) is 15.3. The first-order valence-corrected chi connectivity index (χ1v) is 8.67. The van der Waals surface area contributed by atoms with E-state index in [-0.39, 0.29) is 0 Å². The van der Waals surface area contributed by atoms with Gasteiger partial charge >= 0.3 is 0 Å². The van der Waals surface area contributed by atoms with Gasteiger partial charge in [-0.3, -0.25) is 9.58 Å². The van der Waals surface area contributed by atoms with Crippen molar-refractivity contribution in [3.63, 3.8) is 0 Å². The van der Waals surface area contributed by atoms with Crippen molar-refractivity contribution in [1.82, 2.24) is 14.7 Å². The Morgan fingerprint density at radius 3 is 2.20 bits per heavy atom. The van der Waals surface area contributed by atoms with E-state index in [9.17, 15) is 0 Å². The third kappa shape index (κ3) is 4.32. The van der Waals surface area contributed by atoms with Gasteiger partial charge in [0.1, 0.15) is 0 Å². The summed E-state index contributed by atoms with van der Waals surface area (Å²) in [5.41, 5.74) is 2.46. The van der Waals surface area contributed by atoms with E-state index in [4.69, 9.17) is 0 Å². The molecule has 0 N–H and O–H groups in total. The lowest BCUT2D eigenvalue weighted by molar-refractivity contribution is 0.153. The van der Waals surface area contributed by atoms with Crippen LogP contribution in [0.5, 0.6) is 0 Å². The highest BCUT2D eigenvalue weighted by molar-refractivity contribution is 9.10. The van der Waals surface area contributed by atoms with Crippen molar-refractivity contribution in [3.8, 4) is 0 Å². The zero-order valence-electron chi connectivity index (χ0n) is 13.9. The van der Waals surface area contributed by atoms with E-state index in [0.717, 1.165) is 25.2 Å². The molecule has 0 aliphatic rings. The van der Waals surface area contributed by atoms with Crippen LogP contribution in [0.1, 0.15) is 58.8 Å². The van der Waals surface area contributed by atoms with Crippen molar-refractivity contribution < 1.29 is 0 Å². The van der Waals surface area contributed by atoms with E-state index in [0.29, 0.717) is 12.0 Å². The quantitative estimate of drug-likeness (QED) is 0.697. The number of halogens is 1. The maximum atomic E-state index is 4.61. The van der Waals surface area contributed by atoms with Gasteiger partial charge in [-0.2, -0.15) is 5.10 Å². The van der Waals surface area contributed by atoms with Crippen LogP contribution in [0.2, 0.25) is 0 Å². The van der Waals surface area contributed by atoms with Gasteiger partial charge < -0.3 is 0 Å². The molecule has 0 radical (unpaired) electrons. The average molecular weight is 344 g/mol. The fourth-order valence-electron chi connectivity index (χ4n) is 2.80. The summed E-state index contributed by atoms with van der Waals surface area (Å²) in [4.78, 5) is 2.62. The van der Waals surface area contributed by atoms with Gasteiger partial charge in [0.05, 0.1) is 15.9 Å². The van der Waals surface area contributed by atoms with Crippen LogP contribution in [-0.4, -0.2) is 27.3 Å². The van der Waals surface area contributed by atoms with Gasteiger partial charge in [0, 0.05) is 26.2 Å². The molecular formula is C16H30BrN3. The summed E-state index contributed by atoms with van der Waals surface area (Å²) in [5.74, 6) is 0.688. The lowest BCUT2D eigenvalue weighted by Gasteiger charge is -2.32. The van der Waals surface area contributed by atoms with Crippen molar-refractivity contribution >= 4 is 15.9 Å². The summed E-state index contributed by atoms with van der Waals surface area (Å²) in [6.07, 6.45) is 3.39. The molecule has 0 aliphatic heterocycles. The fourth-order valence-corrected chi connectivity index (χ4v) is 3.54. The monoisotopic (exact) mass is 343 g/mol. The lowest BCUT2D eigenvalue weighted by Crippen LogP contribution is -2.37. The number of hydrogen-bond acceptors (Lipinski definition) is 2. The van der Waals surface area contributed by atoms with Crippen molar-refractivity contribution in [2.75, 3.05) is 6.54 Å². The van der Waals surface area contributed by atoms with Crippen molar-refractivity contribution in [1.29, 1.82) is 0 Å². The molecule has 0 fully saturated rings. The molecule has 20 heavy (non-hydrogen) atoms. The van der Waals surface area contributed by atoms with Crippen LogP contribution in [0.25, 0.3) is 0 Å². The average Bonchev–Trinajstić information content (AvgIpc) is 2.66. The SMILES string of the molecule is CCc1nn(C)c(CN(CC(C)C)C(CC)CC)c1Br.